The van der Waals surface area contributed by atoms with Gasteiger partial charge < -0.3 is 20.5 Å². The van der Waals surface area contributed by atoms with Crippen LogP contribution in [0.25, 0.3) is 0 Å². The lowest BCUT2D eigenvalue weighted by Crippen LogP contribution is -2.22. The summed E-state index contributed by atoms with van der Waals surface area (Å²) in [5, 5.41) is 14.2. The second kappa shape index (κ2) is 8.49. The Hall–Kier alpha value is -3.35. The van der Waals surface area contributed by atoms with Crippen LogP contribution >= 0.6 is 0 Å². The van der Waals surface area contributed by atoms with Gasteiger partial charge in [-0.05, 0) is 42.0 Å². The van der Waals surface area contributed by atoms with E-state index in [0.717, 1.165) is 0 Å². The minimum absolute atomic E-state index is 0.00832. The first-order valence-corrected chi connectivity index (χ1v) is 7.53. The molecule has 0 aliphatic carbocycles. The Labute approximate surface area is 144 Å². The molecule has 0 aliphatic heterocycles. The summed E-state index contributed by atoms with van der Waals surface area (Å²) in [4.78, 5) is 34.9. The largest absolute Gasteiger partial charge is 0.508 e. The number of nitrogens with one attached hydrogen (secondary N) is 2. The quantitative estimate of drug-likeness (QED) is 0.690. The van der Waals surface area contributed by atoms with E-state index in [-0.39, 0.29) is 18.1 Å². The number of hydrogen-bond donors (Lipinski definition) is 3. The van der Waals surface area contributed by atoms with E-state index >= 15 is 0 Å². The Morgan fingerprint density at radius 3 is 2.24 bits per heavy atom. The van der Waals surface area contributed by atoms with Crippen LogP contribution in [0.4, 0.5) is 5.69 Å². The molecule has 0 saturated carbocycles. The molecule has 0 radical (unpaired) electrons. The number of phenolic OH excluding ortho intramolecular Hbond substituents is 1. The fourth-order valence-electron chi connectivity index (χ4n) is 2.02. The molecule has 25 heavy (non-hydrogen) atoms. The molecule has 2 amide bonds. The van der Waals surface area contributed by atoms with Gasteiger partial charge in [0.2, 0.25) is 0 Å². The molecule has 0 aliphatic rings. The van der Waals surface area contributed by atoms with Crippen LogP contribution in [0.15, 0.2) is 48.5 Å². The number of rotatable bonds is 6. The van der Waals surface area contributed by atoms with Gasteiger partial charge in [0.1, 0.15) is 5.75 Å². The Bertz CT molecular complexity index is 754. The third-order valence-electron chi connectivity index (χ3n) is 3.31. The van der Waals surface area contributed by atoms with E-state index in [1.807, 2.05) is 0 Å². The molecule has 2 aromatic carbocycles. The van der Waals surface area contributed by atoms with Crippen molar-refractivity contribution >= 4 is 23.5 Å². The van der Waals surface area contributed by atoms with Crippen molar-refractivity contribution in [3.05, 3.63) is 59.7 Å². The third kappa shape index (κ3) is 5.65. The van der Waals surface area contributed by atoms with E-state index < -0.39 is 18.5 Å². The first kappa shape index (κ1) is 18.0. The lowest BCUT2D eigenvalue weighted by atomic mass is 10.1. The summed E-state index contributed by atoms with van der Waals surface area (Å²) in [5.74, 6) is -1.14. The van der Waals surface area contributed by atoms with E-state index in [1.54, 1.807) is 36.4 Å². The zero-order chi connectivity index (χ0) is 18.2. The molecule has 0 atom stereocenters. The van der Waals surface area contributed by atoms with Crippen LogP contribution in [0.3, 0.4) is 0 Å². The van der Waals surface area contributed by atoms with Gasteiger partial charge in [-0.2, -0.15) is 0 Å². The van der Waals surface area contributed by atoms with Gasteiger partial charge in [-0.25, -0.2) is 0 Å². The molecule has 0 unspecified atom stereocenters. The molecule has 0 saturated heterocycles. The molecule has 0 bridgehead atoms. The van der Waals surface area contributed by atoms with Crippen LogP contribution in [0.2, 0.25) is 0 Å². The van der Waals surface area contributed by atoms with Crippen LogP contribution < -0.4 is 10.6 Å². The third-order valence-corrected chi connectivity index (χ3v) is 3.31. The number of hydrogen-bond acceptors (Lipinski definition) is 5. The van der Waals surface area contributed by atoms with Gasteiger partial charge in [-0.3, -0.25) is 14.4 Å². The summed E-state index contributed by atoms with van der Waals surface area (Å²) in [6.45, 7) is -0.409. The topological polar surface area (TPSA) is 105 Å². The van der Waals surface area contributed by atoms with Gasteiger partial charge in [0.15, 0.2) is 6.61 Å². The number of carbonyl (C=O) groups excluding carboxylic acids is 3. The predicted molar refractivity (Wildman–Crippen MR) is 91.2 cm³/mol. The van der Waals surface area contributed by atoms with Crippen molar-refractivity contribution in [1.29, 1.82) is 0 Å². The molecule has 130 valence electrons. The van der Waals surface area contributed by atoms with Gasteiger partial charge in [0, 0.05) is 18.3 Å². The summed E-state index contributed by atoms with van der Waals surface area (Å²) in [6.07, 6.45) is 0.00832. The van der Waals surface area contributed by atoms with Crippen molar-refractivity contribution in [2.24, 2.45) is 0 Å². The number of amides is 2. The smallest absolute Gasteiger partial charge is 0.310 e. The number of phenols is 1. The molecule has 0 heterocycles. The highest BCUT2D eigenvalue weighted by Gasteiger charge is 2.09. The van der Waals surface area contributed by atoms with Crippen molar-refractivity contribution in [1.82, 2.24) is 5.32 Å². The van der Waals surface area contributed by atoms with Crippen LogP contribution in [0, 0.1) is 0 Å². The van der Waals surface area contributed by atoms with Crippen LogP contribution in [-0.4, -0.2) is 36.5 Å². The van der Waals surface area contributed by atoms with Crippen molar-refractivity contribution in [2.45, 2.75) is 6.42 Å². The zero-order valence-electron chi connectivity index (χ0n) is 13.6. The maximum absolute atomic E-state index is 11.8. The highest BCUT2D eigenvalue weighted by atomic mass is 16.5. The van der Waals surface area contributed by atoms with E-state index in [0.29, 0.717) is 16.8 Å². The molecule has 3 N–H and O–H groups in total. The number of anilines is 1. The molecule has 2 rings (SSSR count). The van der Waals surface area contributed by atoms with Crippen LogP contribution in [-0.2, 0) is 20.7 Å². The number of benzene rings is 2. The Balaban J connectivity index is 1.79. The van der Waals surface area contributed by atoms with E-state index in [1.165, 1.54) is 19.2 Å². The second-order valence-corrected chi connectivity index (χ2v) is 5.21. The van der Waals surface area contributed by atoms with Gasteiger partial charge in [0.05, 0.1) is 6.42 Å². The minimum atomic E-state index is -0.546. The monoisotopic (exact) mass is 342 g/mol. The first-order chi connectivity index (χ1) is 12.0. The molecular formula is C18H18N2O5. The van der Waals surface area contributed by atoms with Crippen molar-refractivity contribution in [2.75, 3.05) is 19.0 Å². The predicted octanol–water partition coefficient (Wildman–Crippen LogP) is 1.48. The number of esters is 1. The maximum atomic E-state index is 11.8. The summed E-state index contributed by atoms with van der Waals surface area (Å²) in [6, 6.07) is 12.5. The SMILES string of the molecule is CNC(=O)c1ccc(NC(=O)COC(=O)Cc2ccc(O)cc2)cc1. The maximum Gasteiger partial charge on any atom is 0.310 e. The van der Waals surface area contributed by atoms with Crippen molar-refractivity contribution < 1.29 is 24.2 Å². The summed E-state index contributed by atoms with van der Waals surface area (Å²) < 4.78 is 4.91. The summed E-state index contributed by atoms with van der Waals surface area (Å²) in [7, 11) is 1.53. The minimum Gasteiger partial charge on any atom is -0.508 e. The summed E-state index contributed by atoms with van der Waals surface area (Å²) >= 11 is 0. The van der Waals surface area contributed by atoms with Gasteiger partial charge in [0.25, 0.3) is 11.8 Å². The van der Waals surface area contributed by atoms with Crippen LogP contribution in [0.5, 0.6) is 5.75 Å². The fourth-order valence-corrected chi connectivity index (χ4v) is 2.02. The lowest BCUT2D eigenvalue weighted by molar-refractivity contribution is -0.146. The van der Waals surface area contributed by atoms with Gasteiger partial charge >= 0.3 is 5.97 Å². The lowest BCUT2D eigenvalue weighted by Gasteiger charge is -2.07. The Morgan fingerprint density at radius 2 is 1.64 bits per heavy atom. The highest BCUT2D eigenvalue weighted by molar-refractivity contribution is 5.96. The first-order valence-electron chi connectivity index (χ1n) is 7.53. The van der Waals surface area contributed by atoms with Gasteiger partial charge in [-0.15, -0.1) is 0 Å². The Morgan fingerprint density at radius 1 is 1.00 bits per heavy atom. The molecule has 0 spiro atoms. The highest BCUT2D eigenvalue weighted by Crippen LogP contribution is 2.11. The van der Waals surface area contributed by atoms with Crippen LogP contribution in [0.1, 0.15) is 15.9 Å². The van der Waals surface area contributed by atoms with Gasteiger partial charge in [-0.1, -0.05) is 12.1 Å². The van der Waals surface area contributed by atoms with Crippen molar-refractivity contribution in [3.8, 4) is 5.75 Å². The zero-order valence-corrected chi connectivity index (χ0v) is 13.6. The molecule has 0 aromatic heterocycles. The number of carbonyl (C=O) groups is 3. The molecule has 7 nitrogen and oxygen atoms in total. The standard InChI is InChI=1S/C18H18N2O5/c1-19-18(24)13-4-6-14(7-5-13)20-16(22)11-25-17(23)10-12-2-8-15(21)9-3-12/h2-9,21H,10-11H2,1H3,(H,19,24)(H,20,22). The number of ether oxygens (including phenoxy) is 1. The molecule has 0 fully saturated rings. The average molecular weight is 342 g/mol. The van der Waals surface area contributed by atoms with E-state index in [2.05, 4.69) is 10.6 Å². The second-order valence-electron chi connectivity index (χ2n) is 5.21. The number of aromatic hydroxyl groups is 1. The fraction of sp³-hybridized carbons (Fsp3) is 0.167. The van der Waals surface area contributed by atoms with Crippen molar-refractivity contribution in [3.63, 3.8) is 0 Å². The molecule has 2 aromatic rings. The molecular weight excluding hydrogens is 324 g/mol. The average Bonchev–Trinajstić information content (AvgIpc) is 2.62. The normalized spacial score (nSPS) is 9.96. The van der Waals surface area contributed by atoms with E-state index in [4.69, 9.17) is 4.74 Å². The summed E-state index contributed by atoms with van der Waals surface area (Å²) in [5.41, 5.74) is 1.64. The molecule has 7 heteroatoms. The van der Waals surface area contributed by atoms with E-state index in [9.17, 15) is 19.5 Å². The Kier molecular flexibility index (Phi) is 6.11.